The maximum atomic E-state index is 6.30. The maximum absolute atomic E-state index is 6.30. The van der Waals surface area contributed by atoms with Crippen LogP contribution in [0.15, 0.2) is 55.0 Å². The number of hydrogen-bond donors (Lipinski definition) is 1. The van der Waals surface area contributed by atoms with E-state index in [0.29, 0.717) is 5.02 Å². The zero-order valence-electron chi connectivity index (χ0n) is 11.9. The molecule has 0 fully saturated rings. The van der Waals surface area contributed by atoms with Gasteiger partial charge in [-0.15, -0.1) is 0 Å². The zero-order chi connectivity index (χ0) is 15.8. The second-order valence-electron chi connectivity index (χ2n) is 5.05. The molecule has 1 unspecified atom stereocenters. The molecule has 3 heterocycles. The summed E-state index contributed by atoms with van der Waals surface area (Å²) >= 11 is 7.55. The number of nitrogens with two attached hydrogens (primary N) is 1. The van der Waals surface area contributed by atoms with E-state index >= 15 is 0 Å². The van der Waals surface area contributed by atoms with Gasteiger partial charge < -0.3 is 5.73 Å². The number of imidazole rings is 1. The number of halogens is 1. The second kappa shape index (κ2) is 5.73. The van der Waals surface area contributed by atoms with Gasteiger partial charge in [-0.25, -0.2) is 9.50 Å². The van der Waals surface area contributed by atoms with Gasteiger partial charge in [0.2, 0.25) is 4.96 Å². The molecule has 0 saturated heterocycles. The van der Waals surface area contributed by atoms with Crippen LogP contribution < -0.4 is 5.73 Å². The van der Waals surface area contributed by atoms with Crippen molar-refractivity contribution in [2.45, 2.75) is 6.04 Å². The van der Waals surface area contributed by atoms with E-state index in [0.717, 1.165) is 26.8 Å². The van der Waals surface area contributed by atoms with Crippen LogP contribution in [0.5, 0.6) is 0 Å². The van der Waals surface area contributed by atoms with Gasteiger partial charge >= 0.3 is 0 Å². The first-order chi connectivity index (χ1) is 11.2. The van der Waals surface area contributed by atoms with Gasteiger partial charge in [0, 0.05) is 23.0 Å². The molecular formula is C16H12ClN5S. The molecule has 5 nitrogen and oxygen atoms in total. The van der Waals surface area contributed by atoms with Gasteiger partial charge in [0.1, 0.15) is 5.01 Å². The van der Waals surface area contributed by atoms with Gasteiger partial charge in [-0.05, 0) is 23.8 Å². The Morgan fingerprint density at radius 2 is 2.09 bits per heavy atom. The molecule has 0 radical (unpaired) electrons. The molecule has 0 aliphatic carbocycles. The summed E-state index contributed by atoms with van der Waals surface area (Å²) in [5, 5.41) is 6.11. The largest absolute Gasteiger partial charge is 0.318 e. The average Bonchev–Trinajstić information content (AvgIpc) is 3.15. The van der Waals surface area contributed by atoms with Crippen molar-refractivity contribution in [1.29, 1.82) is 0 Å². The Hall–Kier alpha value is -2.28. The molecule has 3 aromatic heterocycles. The van der Waals surface area contributed by atoms with Gasteiger partial charge in [0.15, 0.2) is 0 Å². The average molecular weight is 342 g/mol. The quantitative estimate of drug-likeness (QED) is 0.618. The minimum atomic E-state index is -0.317. The Morgan fingerprint density at radius 1 is 1.17 bits per heavy atom. The molecule has 1 atom stereocenters. The monoisotopic (exact) mass is 341 g/mol. The Kier molecular flexibility index (Phi) is 3.57. The molecule has 114 valence electrons. The van der Waals surface area contributed by atoms with Crippen LogP contribution in [0.25, 0.3) is 16.2 Å². The van der Waals surface area contributed by atoms with Crippen molar-refractivity contribution in [3.63, 3.8) is 0 Å². The van der Waals surface area contributed by atoms with Crippen LogP contribution in [-0.4, -0.2) is 19.6 Å². The summed E-state index contributed by atoms with van der Waals surface area (Å²) in [6.45, 7) is 0. The summed E-state index contributed by atoms with van der Waals surface area (Å²) in [5.74, 6) is 0. The van der Waals surface area contributed by atoms with Crippen molar-refractivity contribution in [3.05, 3.63) is 70.6 Å². The Morgan fingerprint density at radius 3 is 2.87 bits per heavy atom. The van der Waals surface area contributed by atoms with E-state index < -0.39 is 0 Å². The highest BCUT2D eigenvalue weighted by Gasteiger charge is 2.17. The Bertz CT molecular complexity index is 963. The van der Waals surface area contributed by atoms with E-state index in [1.807, 2.05) is 40.9 Å². The molecule has 23 heavy (non-hydrogen) atoms. The molecule has 2 N–H and O–H groups in total. The number of fused-ring (bicyclic) bond motifs is 1. The van der Waals surface area contributed by atoms with Crippen LogP contribution in [0.1, 0.15) is 16.6 Å². The molecule has 0 aliphatic rings. The van der Waals surface area contributed by atoms with Crippen LogP contribution in [-0.2, 0) is 0 Å². The normalized spacial score (nSPS) is 12.6. The minimum Gasteiger partial charge on any atom is -0.318 e. The molecule has 0 aliphatic heterocycles. The number of pyridine rings is 1. The van der Waals surface area contributed by atoms with Crippen LogP contribution >= 0.6 is 22.9 Å². The molecule has 7 heteroatoms. The highest BCUT2D eigenvalue weighted by molar-refractivity contribution is 7.16. The minimum absolute atomic E-state index is 0.317. The molecule has 0 spiro atoms. The molecule has 1 aromatic carbocycles. The standard InChI is InChI=1S/C16H12ClN5S/c17-12-5-1-3-10(7-12)13-9-20-16-22(13)21-15(23-16)14(18)11-4-2-6-19-8-11/h1-9,14H,18H2. The highest BCUT2D eigenvalue weighted by Crippen LogP contribution is 2.29. The number of benzene rings is 1. The third-order valence-corrected chi connectivity index (χ3v) is 4.77. The van der Waals surface area contributed by atoms with Crippen LogP contribution in [0.4, 0.5) is 0 Å². The fourth-order valence-corrected chi connectivity index (χ4v) is 3.47. The Labute approximate surface area is 141 Å². The molecular weight excluding hydrogens is 330 g/mol. The van der Waals surface area contributed by atoms with Crippen molar-refractivity contribution < 1.29 is 0 Å². The molecule has 0 bridgehead atoms. The smallest absolute Gasteiger partial charge is 0.212 e. The first-order valence-corrected chi connectivity index (χ1v) is 8.18. The summed E-state index contributed by atoms with van der Waals surface area (Å²) in [4.78, 5) is 9.33. The SMILES string of the molecule is NC(c1cccnc1)c1nn2c(-c3cccc(Cl)c3)cnc2s1. The van der Waals surface area contributed by atoms with E-state index in [1.54, 1.807) is 18.6 Å². The van der Waals surface area contributed by atoms with E-state index in [9.17, 15) is 0 Å². The summed E-state index contributed by atoms with van der Waals surface area (Å²) in [6, 6.07) is 11.1. The van der Waals surface area contributed by atoms with Gasteiger partial charge in [-0.2, -0.15) is 5.10 Å². The number of nitrogens with zero attached hydrogens (tertiary/aromatic N) is 4. The fraction of sp³-hybridized carbons (Fsp3) is 0.0625. The van der Waals surface area contributed by atoms with Crippen molar-refractivity contribution in [1.82, 2.24) is 19.6 Å². The van der Waals surface area contributed by atoms with Crippen LogP contribution in [0, 0.1) is 0 Å². The van der Waals surface area contributed by atoms with Crippen molar-refractivity contribution >= 4 is 27.9 Å². The zero-order valence-corrected chi connectivity index (χ0v) is 13.5. The lowest BCUT2D eigenvalue weighted by atomic mass is 10.1. The van der Waals surface area contributed by atoms with E-state index in [-0.39, 0.29) is 6.04 Å². The van der Waals surface area contributed by atoms with E-state index in [4.69, 9.17) is 17.3 Å². The van der Waals surface area contributed by atoms with E-state index in [1.165, 1.54) is 11.3 Å². The fourth-order valence-electron chi connectivity index (χ4n) is 2.38. The lowest BCUT2D eigenvalue weighted by Gasteiger charge is -2.06. The van der Waals surface area contributed by atoms with Crippen molar-refractivity contribution in [2.75, 3.05) is 0 Å². The third kappa shape index (κ3) is 2.61. The molecule has 0 saturated carbocycles. The van der Waals surface area contributed by atoms with Crippen molar-refractivity contribution in [2.24, 2.45) is 5.73 Å². The van der Waals surface area contributed by atoms with Gasteiger partial charge in [-0.3, -0.25) is 4.98 Å². The predicted octanol–water partition coefficient (Wildman–Crippen LogP) is 3.55. The van der Waals surface area contributed by atoms with Crippen molar-refractivity contribution in [3.8, 4) is 11.3 Å². The van der Waals surface area contributed by atoms with Gasteiger partial charge in [0.25, 0.3) is 0 Å². The van der Waals surface area contributed by atoms with Gasteiger partial charge in [0.05, 0.1) is 17.9 Å². The first-order valence-electron chi connectivity index (χ1n) is 6.98. The Balaban J connectivity index is 1.78. The number of hydrogen-bond acceptors (Lipinski definition) is 5. The van der Waals surface area contributed by atoms with E-state index in [2.05, 4.69) is 15.1 Å². The van der Waals surface area contributed by atoms with Gasteiger partial charge in [-0.1, -0.05) is 41.1 Å². The summed E-state index contributed by atoms with van der Waals surface area (Å²) < 4.78 is 1.81. The number of aromatic nitrogens is 4. The predicted molar refractivity (Wildman–Crippen MR) is 91.6 cm³/mol. The highest BCUT2D eigenvalue weighted by atomic mass is 35.5. The molecule has 4 aromatic rings. The summed E-state index contributed by atoms with van der Waals surface area (Å²) in [7, 11) is 0. The second-order valence-corrected chi connectivity index (χ2v) is 6.48. The lowest BCUT2D eigenvalue weighted by Crippen LogP contribution is -2.12. The lowest BCUT2D eigenvalue weighted by molar-refractivity contribution is 0.805. The number of rotatable bonds is 3. The molecule has 4 rings (SSSR count). The third-order valence-electron chi connectivity index (χ3n) is 3.53. The summed E-state index contributed by atoms with van der Waals surface area (Å²) in [5.41, 5.74) is 9.08. The topological polar surface area (TPSA) is 69.1 Å². The van der Waals surface area contributed by atoms with Crippen LogP contribution in [0.3, 0.4) is 0 Å². The first kappa shape index (κ1) is 14.3. The summed E-state index contributed by atoms with van der Waals surface area (Å²) in [6.07, 6.45) is 5.28. The van der Waals surface area contributed by atoms with Crippen LogP contribution in [0.2, 0.25) is 5.02 Å². The maximum Gasteiger partial charge on any atom is 0.212 e. The molecule has 0 amide bonds.